The number of halogens is 2. The van der Waals surface area contributed by atoms with Crippen LogP contribution in [0.3, 0.4) is 0 Å². The van der Waals surface area contributed by atoms with Crippen LogP contribution >= 0.6 is 11.6 Å². The summed E-state index contributed by atoms with van der Waals surface area (Å²) in [7, 11) is 0. The van der Waals surface area contributed by atoms with Crippen LogP contribution < -0.4 is 5.32 Å². The summed E-state index contributed by atoms with van der Waals surface area (Å²) in [5.74, 6) is -0.619. The van der Waals surface area contributed by atoms with Crippen LogP contribution in [0.4, 0.5) is 4.39 Å². The fourth-order valence-electron chi connectivity index (χ4n) is 1.95. The highest BCUT2D eigenvalue weighted by molar-refractivity contribution is 6.27. The van der Waals surface area contributed by atoms with Crippen LogP contribution in [0.1, 0.15) is 17.5 Å². The second-order valence-electron chi connectivity index (χ2n) is 5.41. The fourth-order valence-corrected chi connectivity index (χ4v) is 2.05. The topological polar surface area (TPSA) is 49.3 Å². The van der Waals surface area contributed by atoms with Gasteiger partial charge in [0, 0.05) is 6.54 Å². The van der Waals surface area contributed by atoms with E-state index < -0.39 is 6.10 Å². The van der Waals surface area contributed by atoms with Gasteiger partial charge in [-0.3, -0.25) is 4.79 Å². The monoisotopic (exact) mass is 351 g/mol. The summed E-state index contributed by atoms with van der Waals surface area (Å²) in [6.45, 7) is 2.47. The lowest BCUT2D eigenvalue weighted by Gasteiger charge is -2.10. The third-order valence-corrected chi connectivity index (χ3v) is 3.49. The Bertz CT molecular complexity index is 590. The number of rotatable bonds is 6. The molecule has 0 heterocycles. The minimum absolute atomic E-state index is 0.0753. The Hall–Kier alpha value is -1.91. The number of alkyl halides is 1. The van der Waals surface area contributed by atoms with Crippen molar-refractivity contribution in [2.24, 2.45) is 0 Å². The zero-order chi connectivity index (χ0) is 17.8. The van der Waals surface area contributed by atoms with Crippen molar-refractivity contribution in [3.8, 4) is 0 Å². The van der Waals surface area contributed by atoms with Gasteiger partial charge in [-0.25, -0.2) is 4.39 Å². The molecule has 2 aromatic carbocycles. The van der Waals surface area contributed by atoms with E-state index >= 15 is 0 Å². The maximum Gasteiger partial charge on any atom is 0.234 e. The number of hydrogen-bond acceptors (Lipinski definition) is 2. The lowest BCUT2D eigenvalue weighted by molar-refractivity contribution is -0.118. The first-order valence-electron chi connectivity index (χ1n) is 7.78. The van der Waals surface area contributed by atoms with Gasteiger partial charge in [0.1, 0.15) is 11.7 Å². The SMILES string of the molecule is Cc1ccccc1.O=C(CCl)NCCC(O)Cc1ccc(F)cc1. The molecule has 0 radical (unpaired) electrons. The zero-order valence-electron chi connectivity index (χ0n) is 13.7. The van der Waals surface area contributed by atoms with E-state index in [4.69, 9.17) is 11.6 Å². The molecule has 1 amide bonds. The number of aliphatic hydroxyl groups excluding tert-OH is 1. The van der Waals surface area contributed by atoms with Crippen LogP contribution in [0.2, 0.25) is 0 Å². The zero-order valence-corrected chi connectivity index (χ0v) is 14.5. The Kier molecular flexibility index (Phi) is 9.73. The van der Waals surface area contributed by atoms with Crippen molar-refractivity contribution in [2.45, 2.75) is 25.9 Å². The fraction of sp³-hybridized carbons (Fsp3) is 0.316. The second-order valence-corrected chi connectivity index (χ2v) is 5.68. The van der Waals surface area contributed by atoms with Crippen LogP contribution in [0.5, 0.6) is 0 Å². The molecule has 0 spiro atoms. The van der Waals surface area contributed by atoms with Crippen LogP contribution in [0.25, 0.3) is 0 Å². The molecule has 5 heteroatoms. The Morgan fingerprint density at radius 1 is 1.17 bits per heavy atom. The van der Waals surface area contributed by atoms with Gasteiger partial charge in [0.05, 0.1) is 6.10 Å². The smallest absolute Gasteiger partial charge is 0.234 e. The average molecular weight is 352 g/mol. The number of aryl methyl sites for hydroxylation is 1. The summed E-state index contributed by atoms with van der Waals surface area (Å²) in [6, 6.07) is 16.2. The van der Waals surface area contributed by atoms with E-state index in [1.54, 1.807) is 12.1 Å². The standard InChI is InChI=1S/C12H15ClFNO2.C7H8/c13-8-12(17)15-6-5-11(16)7-9-1-3-10(14)4-2-9;1-7-5-3-2-4-6-7/h1-4,11,16H,5-8H2,(H,15,17);2-6H,1H3. The minimum atomic E-state index is -0.559. The molecule has 2 rings (SSSR count). The van der Waals surface area contributed by atoms with E-state index in [-0.39, 0.29) is 17.6 Å². The molecular formula is C19H23ClFNO2. The third-order valence-electron chi connectivity index (χ3n) is 3.25. The van der Waals surface area contributed by atoms with E-state index in [1.165, 1.54) is 17.7 Å². The Labute approximate surface area is 147 Å². The molecule has 0 aliphatic heterocycles. The first kappa shape index (κ1) is 20.1. The first-order valence-corrected chi connectivity index (χ1v) is 8.31. The van der Waals surface area contributed by atoms with Crippen LogP contribution in [0.15, 0.2) is 54.6 Å². The quantitative estimate of drug-likeness (QED) is 0.783. The molecule has 0 fully saturated rings. The van der Waals surface area contributed by atoms with Crippen molar-refractivity contribution in [2.75, 3.05) is 12.4 Å². The van der Waals surface area contributed by atoms with E-state index in [0.29, 0.717) is 19.4 Å². The van der Waals surface area contributed by atoms with Crippen molar-refractivity contribution < 1.29 is 14.3 Å². The molecule has 3 nitrogen and oxygen atoms in total. The highest BCUT2D eigenvalue weighted by atomic mass is 35.5. The Morgan fingerprint density at radius 3 is 2.29 bits per heavy atom. The van der Waals surface area contributed by atoms with Gasteiger partial charge in [-0.2, -0.15) is 0 Å². The molecule has 0 bridgehead atoms. The molecule has 1 unspecified atom stereocenters. The van der Waals surface area contributed by atoms with Gasteiger partial charge in [0.25, 0.3) is 0 Å². The minimum Gasteiger partial charge on any atom is -0.393 e. The summed E-state index contributed by atoms with van der Waals surface area (Å²) in [4.78, 5) is 10.8. The molecule has 2 aromatic rings. The van der Waals surface area contributed by atoms with Crippen molar-refractivity contribution in [1.82, 2.24) is 5.32 Å². The molecule has 24 heavy (non-hydrogen) atoms. The van der Waals surface area contributed by atoms with Crippen molar-refractivity contribution in [1.29, 1.82) is 0 Å². The summed E-state index contributed by atoms with van der Waals surface area (Å²) in [6.07, 6.45) is 0.327. The predicted octanol–water partition coefficient (Wildman–Crippen LogP) is 3.47. The van der Waals surface area contributed by atoms with Gasteiger partial charge in [-0.05, 0) is 37.5 Å². The van der Waals surface area contributed by atoms with Gasteiger partial charge in [0.15, 0.2) is 0 Å². The highest BCUT2D eigenvalue weighted by Crippen LogP contribution is 2.07. The summed E-state index contributed by atoms with van der Waals surface area (Å²) >= 11 is 5.30. The largest absolute Gasteiger partial charge is 0.393 e. The lowest BCUT2D eigenvalue weighted by atomic mass is 10.1. The number of aliphatic hydroxyl groups is 1. The van der Waals surface area contributed by atoms with Gasteiger partial charge in [-0.1, -0.05) is 48.0 Å². The third kappa shape index (κ3) is 9.28. The predicted molar refractivity (Wildman–Crippen MR) is 95.6 cm³/mol. The molecule has 0 aliphatic carbocycles. The van der Waals surface area contributed by atoms with Crippen LogP contribution in [0, 0.1) is 12.7 Å². The maximum atomic E-state index is 12.6. The molecule has 0 saturated carbocycles. The molecule has 0 aromatic heterocycles. The van der Waals surface area contributed by atoms with E-state index in [9.17, 15) is 14.3 Å². The van der Waals surface area contributed by atoms with Crippen molar-refractivity contribution in [3.63, 3.8) is 0 Å². The maximum absolute atomic E-state index is 12.6. The van der Waals surface area contributed by atoms with Crippen LogP contribution in [-0.4, -0.2) is 29.5 Å². The normalized spacial score (nSPS) is 11.2. The van der Waals surface area contributed by atoms with Gasteiger partial charge in [0.2, 0.25) is 5.91 Å². The molecular weight excluding hydrogens is 329 g/mol. The van der Waals surface area contributed by atoms with E-state index in [2.05, 4.69) is 24.4 Å². The number of hydrogen-bond donors (Lipinski definition) is 2. The molecule has 130 valence electrons. The molecule has 0 aliphatic rings. The second kappa shape index (κ2) is 11.6. The summed E-state index contributed by atoms with van der Waals surface area (Å²) in [5, 5.41) is 12.2. The van der Waals surface area contributed by atoms with E-state index in [0.717, 1.165) is 5.56 Å². The highest BCUT2D eigenvalue weighted by Gasteiger charge is 2.06. The summed E-state index contributed by atoms with van der Waals surface area (Å²) < 4.78 is 12.6. The van der Waals surface area contributed by atoms with Gasteiger partial charge < -0.3 is 10.4 Å². The van der Waals surface area contributed by atoms with E-state index in [1.807, 2.05) is 18.2 Å². The number of carbonyl (C=O) groups excluding carboxylic acids is 1. The number of benzene rings is 2. The molecule has 1 atom stereocenters. The average Bonchev–Trinajstić information content (AvgIpc) is 2.58. The summed E-state index contributed by atoms with van der Waals surface area (Å²) in [5.41, 5.74) is 2.19. The van der Waals surface area contributed by atoms with Crippen molar-refractivity contribution >= 4 is 17.5 Å². The van der Waals surface area contributed by atoms with Crippen LogP contribution in [-0.2, 0) is 11.2 Å². The molecule has 2 N–H and O–H groups in total. The van der Waals surface area contributed by atoms with Gasteiger partial charge in [-0.15, -0.1) is 11.6 Å². The number of amides is 1. The Balaban J connectivity index is 0.000000341. The Morgan fingerprint density at radius 2 is 1.79 bits per heavy atom. The molecule has 0 saturated heterocycles. The van der Waals surface area contributed by atoms with Crippen molar-refractivity contribution in [3.05, 3.63) is 71.5 Å². The first-order chi connectivity index (χ1) is 11.5. The number of nitrogens with one attached hydrogen (secondary N) is 1. The van der Waals surface area contributed by atoms with Gasteiger partial charge >= 0.3 is 0 Å². The lowest BCUT2D eigenvalue weighted by Crippen LogP contribution is -2.28. The number of carbonyl (C=O) groups is 1.